The van der Waals surface area contributed by atoms with Gasteiger partial charge < -0.3 is 10.0 Å². The fourth-order valence-corrected chi connectivity index (χ4v) is 2.95. The van der Waals surface area contributed by atoms with Crippen molar-refractivity contribution in [2.45, 2.75) is 51.7 Å². The molecular formula is C16H24FNO. The third-order valence-electron chi connectivity index (χ3n) is 4.16. The molecule has 2 rings (SSSR count). The number of benzene rings is 1. The van der Waals surface area contributed by atoms with Gasteiger partial charge in [0.25, 0.3) is 0 Å². The Morgan fingerprint density at radius 1 is 1.21 bits per heavy atom. The zero-order valence-corrected chi connectivity index (χ0v) is 12.1. The lowest BCUT2D eigenvalue weighted by atomic mass is 9.86. The predicted octanol–water partition coefficient (Wildman–Crippen LogP) is 3.22. The van der Waals surface area contributed by atoms with Gasteiger partial charge in [0, 0.05) is 12.6 Å². The summed E-state index contributed by atoms with van der Waals surface area (Å²) in [7, 11) is 0. The summed E-state index contributed by atoms with van der Waals surface area (Å²) in [6, 6.07) is 5.40. The summed E-state index contributed by atoms with van der Waals surface area (Å²) in [5.41, 5.74) is 0.722. The van der Waals surface area contributed by atoms with Crippen molar-refractivity contribution in [2.24, 2.45) is 0 Å². The van der Waals surface area contributed by atoms with Crippen LogP contribution in [-0.4, -0.2) is 29.1 Å². The number of aryl methyl sites for hydroxylation is 1. The van der Waals surface area contributed by atoms with Crippen LogP contribution < -0.4 is 0 Å². The van der Waals surface area contributed by atoms with E-state index in [1.807, 2.05) is 13.0 Å². The number of halogens is 1. The smallest absolute Gasteiger partial charge is 0.123 e. The average Bonchev–Trinajstić information content (AvgIpc) is 2.51. The van der Waals surface area contributed by atoms with Crippen LogP contribution in [0, 0.1) is 12.7 Å². The van der Waals surface area contributed by atoms with Crippen LogP contribution in [0.5, 0.6) is 0 Å². The van der Waals surface area contributed by atoms with Crippen LogP contribution in [0.3, 0.4) is 0 Å². The maximum absolute atomic E-state index is 13.5. The van der Waals surface area contributed by atoms with E-state index in [0.29, 0.717) is 18.9 Å². The van der Waals surface area contributed by atoms with Gasteiger partial charge in [0.2, 0.25) is 0 Å². The molecule has 19 heavy (non-hydrogen) atoms. The van der Waals surface area contributed by atoms with Crippen LogP contribution in [0.4, 0.5) is 4.39 Å². The van der Waals surface area contributed by atoms with E-state index in [2.05, 4.69) is 18.7 Å². The minimum atomic E-state index is -0.878. The van der Waals surface area contributed by atoms with E-state index >= 15 is 0 Å². The van der Waals surface area contributed by atoms with Gasteiger partial charge in [-0.1, -0.05) is 6.07 Å². The van der Waals surface area contributed by atoms with Gasteiger partial charge in [-0.3, -0.25) is 0 Å². The van der Waals surface area contributed by atoms with Gasteiger partial charge in [-0.15, -0.1) is 0 Å². The number of hydrogen-bond donors (Lipinski definition) is 1. The molecule has 0 radical (unpaired) electrons. The van der Waals surface area contributed by atoms with Gasteiger partial charge in [-0.05, 0) is 69.8 Å². The number of hydrogen-bond acceptors (Lipinski definition) is 2. The topological polar surface area (TPSA) is 23.5 Å². The lowest BCUT2D eigenvalue weighted by molar-refractivity contribution is 0.0200. The molecule has 0 saturated carbocycles. The monoisotopic (exact) mass is 265 g/mol. The Bertz CT molecular complexity index is 426. The standard InChI is InChI=1S/C16H24FNO/c1-12(2)18-7-4-5-16(19,6-8-18)14-9-13(3)10-15(17)11-14/h9-12,19H,4-8H2,1-3H3. The molecule has 1 unspecified atom stereocenters. The van der Waals surface area contributed by atoms with Crippen molar-refractivity contribution in [3.05, 3.63) is 35.1 Å². The Balaban J connectivity index is 2.22. The Morgan fingerprint density at radius 2 is 1.95 bits per heavy atom. The Hall–Kier alpha value is -0.930. The lowest BCUT2D eigenvalue weighted by Crippen LogP contribution is -2.33. The maximum atomic E-state index is 13.5. The first kappa shape index (κ1) is 14.5. The number of rotatable bonds is 2. The first-order chi connectivity index (χ1) is 8.90. The van der Waals surface area contributed by atoms with E-state index in [-0.39, 0.29) is 5.82 Å². The van der Waals surface area contributed by atoms with Gasteiger partial charge >= 0.3 is 0 Å². The summed E-state index contributed by atoms with van der Waals surface area (Å²) < 4.78 is 13.5. The highest BCUT2D eigenvalue weighted by molar-refractivity contribution is 5.28. The molecule has 106 valence electrons. The van der Waals surface area contributed by atoms with E-state index in [4.69, 9.17) is 0 Å². The van der Waals surface area contributed by atoms with Crippen LogP contribution >= 0.6 is 0 Å². The molecular weight excluding hydrogens is 241 g/mol. The quantitative estimate of drug-likeness (QED) is 0.887. The molecule has 1 heterocycles. The molecule has 1 N–H and O–H groups in total. The van der Waals surface area contributed by atoms with Crippen molar-refractivity contribution in [1.29, 1.82) is 0 Å². The van der Waals surface area contributed by atoms with Gasteiger partial charge in [-0.25, -0.2) is 4.39 Å². The van der Waals surface area contributed by atoms with Gasteiger partial charge in [0.15, 0.2) is 0 Å². The fraction of sp³-hybridized carbons (Fsp3) is 0.625. The molecule has 0 bridgehead atoms. The summed E-state index contributed by atoms with van der Waals surface area (Å²) in [5, 5.41) is 10.9. The average molecular weight is 265 g/mol. The van der Waals surface area contributed by atoms with Crippen molar-refractivity contribution < 1.29 is 9.50 Å². The highest BCUT2D eigenvalue weighted by Gasteiger charge is 2.32. The molecule has 0 spiro atoms. The summed E-state index contributed by atoms with van der Waals surface area (Å²) in [6.45, 7) is 8.10. The molecule has 1 aromatic carbocycles. The molecule has 2 nitrogen and oxygen atoms in total. The van der Waals surface area contributed by atoms with Crippen molar-refractivity contribution in [1.82, 2.24) is 4.90 Å². The normalized spacial score (nSPS) is 25.6. The molecule has 1 aromatic rings. The number of aliphatic hydroxyl groups is 1. The summed E-state index contributed by atoms with van der Waals surface area (Å²) in [6.07, 6.45) is 2.33. The van der Waals surface area contributed by atoms with Crippen molar-refractivity contribution in [3.63, 3.8) is 0 Å². The van der Waals surface area contributed by atoms with E-state index < -0.39 is 5.60 Å². The third kappa shape index (κ3) is 3.34. The zero-order chi connectivity index (χ0) is 14.0. The Labute approximate surface area is 115 Å². The van der Waals surface area contributed by atoms with Crippen LogP contribution in [0.1, 0.15) is 44.2 Å². The van der Waals surface area contributed by atoms with E-state index in [1.165, 1.54) is 12.1 Å². The molecule has 0 amide bonds. The largest absolute Gasteiger partial charge is 0.385 e. The Kier molecular flexibility index (Phi) is 4.26. The van der Waals surface area contributed by atoms with Gasteiger partial charge in [0.1, 0.15) is 5.82 Å². The molecule has 1 fully saturated rings. The number of likely N-dealkylation sites (tertiary alicyclic amines) is 1. The second-order valence-corrected chi connectivity index (χ2v) is 6.03. The molecule has 0 aromatic heterocycles. The predicted molar refractivity (Wildman–Crippen MR) is 75.6 cm³/mol. The first-order valence-corrected chi connectivity index (χ1v) is 7.15. The fourth-order valence-electron chi connectivity index (χ4n) is 2.95. The third-order valence-corrected chi connectivity index (χ3v) is 4.16. The van der Waals surface area contributed by atoms with Gasteiger partial charge in [0.05, 0.1) is 5.60 Å². The van der Waals surface area contributed by atoms with Crippen LogP contribution in [0.15, 0.2) is 18.2 Å². The second kappa shape index (κ2) is 5.59. The summed E-state index contributed by atoms with van der Waals surface area (Å²) >= 11 is 0. The molecule has 1 saturated heterocycles. The molecule has 1 aliphatic rings. The van der Waals surface area contributed by atoms with Crippen molar-refractivity contribution in [3.8, 4) is 0 Å². The zero-order valence-electron chi connectivity index (χ0n) is 12.1. The SMILES string of the molecule is Cc1cc(F)cc(C2(O)CCCN(C(C)C)CC2)c1. The first-order valence-electron chi connectivity index (χ1n) is 7.15. The molecule has 1 aliphatic heterocycles. The van der Waals surface area contributed by atoms with Crippen LogP contribution in [0.25, 0.3) is 0 Å². The van der Waals surface area contributed by atoms with E-state index in [1.54, 1.807) is 0 Å². The molecule has 3 heteroatoms. The maximum Gasteiger partial charge on any atom is 0.123 e. The summed E-state index contributed by atoms with van der Waals surface area (Å²) in [5.74, 6) is -0.256. The van der Waals surface area contributed by atoms with E-state index in [0.717, 1.165) is 30.6 Å². The minimum Gasteiger partial charge on any atom is -0.385 e. The number of nitrogens with zero attached hydrogens (tertiary/aromatic N) is 1. The Morgan fingerprint density at radius 3 is 2.58 bits per heavy atom. The van der Waals surface area contributed by atoms with Gasteiger partial charge in [-0.2, -0.15) is 0 Å². The highest BCUT2D eigenvalue weighted by Crippen LogP contribution is 2.34. The van der Waals surface area contributed by atoms with Crippen LogP contribution in [0.2, 0.25) is 0 Å². The van der Waals surface area contributed by atoms with Crippen molar-refractivity contribution in [2.75, 3.05) is 13.1 Å². The van der Waals surface area contributed by atoms with Crippen molar-refractivity contribution >= 4 is 0 Å². The highest BCUT2D eigenvalue weighted by atomic mass is 19.1. The second-order valence-electron chi connectivity index (χ2n) is 6.03. The van der Waals surface area contributed by atoms with Crippen LogP contribution in [-0.2, 0) is 5.60 Å². The minimum absolute atomic E-state index is 0.256. The van der Waals surface area contributed by atoms with E-state index in [9.17, 15) is 9.50 Å². The molecule has 0 aliphatic carbocycles. The molecule has 1 atom stereocenters. The summed E-state index contributed by atoms with van der Waals surface area (Å²) in [4.78, 5) is 2.38. The lowest BCUT2D eigenvalue weighted by Gasteiger charge is -2.29.